The average Bonchev–Trinajstić information content (AvgIpc) is 3.32. The quantitative estimate of drug-likeness (QED) is 0.406. The van der Waals surface area contributed by atoms with Gasteiger partial charge in [0.15, 0.2) is 5.78 Å². The number of amides is 2. The number of carbonyl (C=O) groups excluding carboxylic acids is 2. The van der Waals surface area contributed by atoms with Crippen LogP contribution in [0.5, 0.6) is 0 Å². The molecule has 12 heteroatoms. The Kier molecular flexibility index (Phi) is 7.68. The molecular weight excluding hydrogens is 531 g/mol. The molecule has 1 aliphatic heterocycles. The first kappa shape index (κ1) is 28.4. The van der Waals surface area contributed by atoms with Crippen molar-refractivity contribution in [3.8, 4) is 0 Å². The zero-order valence-electron chi connectivity index (χ0n) is 21.1. The van der Waals surface area contributed by atoms with Crippen LogP contribution in [0.15, 0.2) is 54.2 Å². The highest BCUT2D eigenvalue weighted by molar-refractivity contribution is 5.93. The first-order chi connectivity index (χ1) is 18.1. The van der Waals surface area contributed by atoms with Gasteiger partial charge in [-0.3, -0.25) is 9.69 Å². The van der Waals surface area contributed by atoms with E-state index in [9.17, 15) is 40.3 Å². The van der Waals surface area contributed by atoms with E-state index in [0.29, 0.717) is 50.0 Å². The minimum Gasteiger partial charge on any atom is -0.374 e. The van der Waals surface area contributed by atoms with Crippen molar-refractivity contribution in [2.75, 3.05) is 32.1 Å². The summed E-state index contributed by atoms with van der Waals surface area (Å²) in [6.07, 6.45) is -7.15. The van der Waals surface area contributed by atoms with Crippen LogP contribution in [-0.2, 0) is 17.1 Å². The van der Waals surface area contributed by atoms with Crippen molar-refractivity contribution >= 4 is 17.5 Å². The van der Waals surface area contributed by atoms with E-state index in [1.54, 1.807) is 18.2 Å². The van der Waals surface area contributed by atoms with Crippen molar-refractivity contribution in [1.29, 1.82) is 0 Å². The minimum atomic E-state index is -5.05. The lowest BCUT2D eigenvalue weighted by Crippen LogP contribution is -2.52. The third-order valence-corrected chi connectivity index (χ3v) is 7.28. The Morgan fingerprint density at radius 2 is 1.51 bits per heavy atom. The van der Waals surface area contributed by atoms with Crippen LogP contribution in [0.25, 0.3) is 0 Å². The van der Waals surface area contributed by atoms with Gasteiger partial charge >= 0.3 is 18.4 Å². The van der Waals surface area contributed by atoms with Gasteiger partial charge in [-0.2, -0.15) is 26.3 Å². The normalized spacial score (nSPS) is 20.2. The maximum Gasteiger partial charge on any atom is 0.416 e. The second-order valence-electron chi connectivity index (χ2n) is 9.78. The zero-order chi connectivity index (χ0) is 28.7. The Balaban J connectivity index is 1.64. The molecule has 1 aliphatic carbocycles. The lowest BCUT2D eigenvalue weighted by atomic mass is 9.84. The van der Waals surface area contributed by atoms with Crippen LogP contribution in [0.3, 0.4) is 0 Å². The van der Waals surface area contributed by atoms with Crippen LogP contribution >= 0.6 is 0 Å². The largest absolute Gasteiger partial charge is 0.416 e. The second-order valence-corrected chi connectivity index (χ2v) is 9.78. The maximum absolute atomic E-state index is 13.6. The summed E-state index contributed by atoms with van der Waals surface area (Å²) in [5.41, 5.74) is -2.03. The molecule has 2 aromatic carbocycles. The number of allylic oxidation sites excluding steroid dienone is 2. The first-order valence-electron chi connectivity index (χ1n) is 12.2. The smallest absolute Gasteiger partial charge is 0.374 e. The molecule has 39 heavy (non-hydrogen) atoms. The van der Waals surface area contributed by atoms with E-state index in [2.05, 4.69) is 0 Å². The fraction of sp³-hybridized carbons (Fsp3) is 0.407. The standard InChI is InChI=1S/C27H26F7N3O2/c1-35(21-12-17(26(29,30)31)11-18(13-21)27(32,33)34)25(39)36(2)24-9-10-37(20-7-8-22(38)14-20)15-23(24)16-3-5-19(28)6-4-16/h3-6,11-14,23-24H,7-10,15H2,1-2H3. The first-order valence-corrected chi connectivity index (χ1v) is 12.2. The summed E-state index contributed by atoms with van der Waals surface area (Å²) in [5, 5.41) is 0. The highest BCUT2D eigenvalue weighted by Crippen LogP contribution is 2.39. The molecule has 0 aromatic heterocycles. The Morgan fingerprint density at radius 1 is 0.923 bits per heavy atom. The number of likely N-dealkylation sites (N-methyl/N-ethyl adjacent to an activating group) is 1. The minimum absolute atomic E-state index is 0.00820. The number of anilines is 1. The van der Waals surface area contributed by atoms with Gasteiger partial charge in [-0.1, -0.05) is 12.1 Å². The van der Waals surface area contributed by atoms with Crippen molar-refractivity contribution in [2.24, 2.45) is 0 Å². The van der Waals surface area contributed by atoms with Gasteiger partial charge in [0.25, 0.3) is 0 Å². The van der Waals surface area contributed by atoms with E-state index in [1.165, 1.54) is 24.1 Å². The molecular formula is C27H26F7N3O2. The van der Waals surface area contributed by atoms with Gasteiger partial charge in [-0.05, 0) is 48.7 Å². The van der Waals surface area contributed by atoms with Gasteiger partial charge in [0, 0.05) is 63.0 Å². The molecule has 2 unspecified atom stereocenters. The number of alkyl halides is 6. The molecule has 4 rings (SSSR count). The number of hydrogen-bond donors (Lipinski definition) is 0. The number of hydrogen-bond acceptors (Lipinski definition) is 3. The molecule has 210 valence electrons. The van der Waals surface area contributed by atoms with E-state index in [4.69, 9.17) is 0 Å². The molecule has 2 aliphatic rings. The van der Waals surface area contributed by atoms with E-state index >= 15 is 0 Å². The Morgan fingerprint density at radius 3 is 2.03 bits per heavy atom. The van der Waals surface area contributed by atoms with Gasteiger partial charge in [-0.15, -0.1) is 0 Å². The Bertz CT molecular complexity index is 1240. The molecule has 5 nitrogen and oxygen atoms in total. The summed E-state index contributed by atoms with van der Waals surface area (Å²) in [5.74, 6) is -0.814. The number of carbonyl (C=O) groups is 2. The van der Waals surface area contributed by atoms with Crippen molar-refractivity contribution in [3.63, 3.8) is 0 Å². The van der Waals surface area contributed by atoms with Gasteiger partial charge in [0.05, 0.1) is 11.1 Å². The Hall–Kier alpha value is -3.57. The molecule has 2 atom stereocenters. The third-order valence-electron chi connectivity index (χ3n) is 7.28. The highest BCUT2D eigenvalue weighted by atomic mass is 19.4. The van der Waals surface area contributed by atoms with Gasteiger partial charge in [0.1, 0.15) is 5.82 Å². The average molecular weight is 558 g/mol. The molecule has 1 fully saturated rings. The maximum atomic E-state index is 13.6. The van der Waals surface area contributed by atoms with E-state index in [0.717, 1.165) is 17.6 Å². The monoisotopic (exact) mass is 557 g/mol. The Labute approximate surface area is 220 Å². The number of likely N-dealkylation sites (tertiary alicyclic amines) is 1. The number of ketones is 1. The number of nitrogens with zero attached hydrogens (tertiary/aromatic N) is 3. The van der Waals surface area contributed by atoms with E-state index in [-0.39, 0.29) is 17.8 Å². The molecule has 0 bridgehead atoms. The predicted molar refractivity (Wildman–Crippen MR) is 129 cm³/mol. The van der Waals surface area contributed by atoms with Crippen LogP contribution < -0.4 is 4.90 Å². The van der Waals surface area contributed by atoms with Crippen LogP contribution in [0.2, 0.25) is 0 Å². The summed E-state index contributed by atoms with van der Waals surface area (Å²) < 4.78 is 93.9. The summed E-state index contributed by atoms with van der Waals surface area (Å²) in [6.45, 7) is 0.864. The number of rotatable bonds is 4. The molecule has 2 amide bonds. The van der Waals surface area contributed by atoms with Crippen LogP contribution in [-0.4, -0.2) is 54.8 Å². The third kappa shape index (κ3) is 6.20. The topological polar surface area (TPSA) is 43.9 Å². The fourth-order valence-electron chi connectivity index (χ4n) is 5.15. The van der Waals surface area contributed by atoms with Gasteiger partial charge in [-0.25, -0.2) is 9.18 Å². The number of halogens is 7. The number of piperidine rings is 1. The summed E-state index contributed by atoms with van der Waals surface area (Å²) in [7, 11) is 2.55. The van der Waals surface area contributed by atoms with Gasteiger partial charge in [0.2, 0.25) is 0 Å². The molecule has 0 N–H and O–H groups in total. The lowest BCUT2D eigenvalue weighted by molar-refractivity contribution is -0.143. The molecule has 0 radical (unpaired) electrons. The van der Waals surface area contributed by atoms with Crippen molar-refractivity contribution in [3.05, 3.63) is 76.7 Å². The molecule has 1 saturated heterocycles. The van der Waals surface area contributed by atoms with E-state index in [1.807, 2.05) is 4.90 Å². The fourth-order valence-corrected chi connectivity index (χ4v) is 5.15. The molecule has 1 heterocycles. The highest BCUT2D eigenvalue weighted by Gasteiger charge is 2.40. The number of urea groups is 1. The number of benzene rings is 2. The summed E-state index contributed by atoms with van der Waals surface area (Å²) in [6, 6.07) is 5.42. The zero-order valence-corrected chi connectivity index (χ0v) is 21.1. The van der Waals surface area contributed by atoms with Crippen molar-refractivity contribution in [1.82, 2.24) is 9.80 Å². The van der Waals surface area contributed by atoms with Crippen LogP contribution in [0, 0.1) is 5.82 Å². The summed E-state index contributed by atoms with van der Waals surface area (Å²) >= 11 is 0. The van der Waals surface area contributed by atoms with Crippen molar-refractivity contribution < 1.29 is 40.3 Å². The molecule has 0 saturated carbocycles. The summed E-state index contributed by atoms with van der Waals surface area (Å²) in [4.78, 5) is 29.3. The van der Waals surface area contributed by atoms with Crippen molar-refractivity contribution in [2.45, 2.75) is 43.6 Å². The molecule has 0 spiro atoms. The van der Waals surface area contributed by atoms with Crippen LogP contribution in [0.1, 0.15) is 41.9 Å². The second kappa shape index (κ2) is 10.5. The SMILES string of the molecule is CN(C(=O)N(C)C1CCN(C2=CC(=O)CC2)CC1c1ccc(F)cc1)c1cc(C(F)(F)F)cc(C(F)(F)F)c1. The predicted octanol–water partition coefficient (Wildman–Crippen LogP) is 6.46. The van der Waals surface area contributed by atoms with Crippen LogP contribution in [0.4, 0.5) is 41.2 Å². The molecule has 2 aromatic rings. The van der Waals surface area contributed by atoms with E-state index < -0.39 is 47.1 Å². The lowest BCUT2D eigenvalue weighted by Gasteiger charge is -2.45. The van der Waals surface area contributed by atoms with Gasteiger partial charge < -0.3 is 9.80 Å².